The Bertz CT molecular complexity index is 711. The van der Waals surface area contributed by atoms with Crippen LogP contribution in [0, 0.1) is 6.92 Å². The van der Waals surface area contributed by atoms with Gasteiger partial charge in [-0.3, -0.25) is 0 Å². The van der Waals surface area contributed by atoms with E-state index in [4.69, 9.17) is 21.4 Å². The minimum absolute atomic E-state index is 0.625. The number of halogens is 2. The third-order valence-electron chi connectivity index (χ3n) is 2.73. The molecule has 108 valence electrons. The Kier molecular flexibility index (Phi) is 5.04. The molecule has 0 bridgehead atoms. The fourth-order valence-electron chi connectivity index (χ4n) is 1.73. The van der Waals surface area contributed by atoms with Gasteiger partial charge in [-0.25, -0.2) is 4.79 Å². The number of carboxylic acids is 1. The van der Waals surface area contributed by atoms with E-state index in [9.17, 15) is 4.79 Å². The third kappa shape index (κ3) is 4.34. The number of aryl methyl sites for hydroxylation is 1. The van der Waals surface area contributed by atoms with Gasteiger partial charge in [-0.2, -0.15) is 0 Å². The van der Waals surface area contributed by atoms with Crippen molar-refractivity contribution >= 4 is 39.6 Å². The van der Waals surface area contributed by atoms with Crippen molar-refractivity contribution in [3.05, 3.63) is 63.1 Å². The number of aliphatic carboxylic acids is 1. The molecule has 1 N–H and O–H groups in total. The van der Waals surface area contributed by atoms with Crippen LogP contribution in [0.3, 0.4) is 0 Å². The highest BCUT2D eigenvalue weighted by Gasteiger charge is 2.06. The lowest BCUT2D eigenvalue weighted by Gasteiger charge is -2.11. The number of rotatable bonds is 4. The Morgan fingerprint density at radius 3 is 2.57 bits per heavy atom. The second-order valence-corrected chi connectivity index (χ2v) is 5.66. The van der Waals surface area contributed by atoms with Crippen LogP contribution in [0.25, 0.3) is 6.08 Å². The number of hydrogen-bond donors (Lipinski definition) is 1. The third-order valence-corrected chi connectivity index (χ3v) is 3.59. The largest absolute Gasteiger partial charge is 0.478 e. The smallest absolute Gasteiger partial charge is 0.328 e. The molecule has 0 aliphatic heterocycles. The summed E-state index contributed by atoms with van der Waals surface area (Å²) in [5, 5.41) is 9.24. The maximum absolute atomic E-state index is 10.5. The van der Waals surface area contributed by atoms with E-state index in [2.05, 4.69) is 15.9 Å². The van der Waals surface area contributed by atoms with Crippen molar-refractivity contribution in [3.63, 3.8) is 0 Å². The molecule has 0 unspecified atom stereocenters. The molecule has 0 aromatic heterocycles. The zero-order valence-electron chi connectivity index (χ0n) is 11.1. The van der Waals surface area contributed by atoms with Gasteiger partial charge in [0.2, 0.25) is 0 Å². The van der Waals surface area contributed by atoms with Crippen LogP contribution in [0.4, 0.5) is 0 Å². The van der Waals surface area contributed by atoms with Crippen molar-refractivity contribution in [2.24, 2.45) is 0 Å². The molecule has 0 aliphatic carbocycles. The average molecular weight is 368 g/mol. The predicted octanol–water partition coefficient (Wildman–Crippen LogP) is 5.30. The van der Waals surface area contributed by atoms with Crippen LogP contribution >= 0.6 is 27.5 Å². The zero-order valence-corrected chi connectivity index (χ0v) is 13.5. The first-order valence-corrected chi connectivity index (χ1v) is 7.27. The van der Waals surface area contributed by atoms with E-state index < -0.39 is 5.97 Å². The number of carboxylic acid groups (broad SMARTS) is 1. The summed E-state index contributed by atoms with van der Waals surface area (Å²) in [4.78, 5) is 10.5. The minimum Gasteiger partial charge on any atom is -0.478 e. The Hall–Kier alpha value is -1.78. The zero-order chi connectivity index (χ0) is 15.4. The topological polar surface area (TPSA) is 46.5 Å². The Morgan fingerprint density at radius 1 is 1.24 bits per heavy atom. The average Bonchev–Trinajstić information content (AvgIpc) is 2.42. The van der Waals surface area contributed by atoms with Gasteiger partial charge in [-0.05, 0) is 70.4 Å². The molecule has 3 nitrogen and oxygen atoms in total. The summed E-state index contributed by atoms with van der Waals surface area (Å²) in [6.07, 6.45) is 2.64. The van der Waals surface area contributed by atoms with Crippen LogP contribution < -0.4 is 4.74 Å². The van der Waals surface area contributed by atoms with Crippen molar-refractivity contribution in [2.45, 2.75) is 6.92 Å². The highest BCUT2D eigenvalue weighted by Crippen LogP contribution is 2.33. The second-order valence-electron chi connectivity index (χ2n) is 4.37. The van der Waals surface area contributed by atoms with Crippen LogP contribution in [0.2, 0.25) is 5.02 Å². The van der Waals surface area contributed by atoms with Crippen molar-refractivity contribution in [3.8, 4) is 11.5 Å². The van der Waals surface area contributed by atoms with Crippen molar-refractivity contribution in [1.29, 1.82) is 0 Å². The highest BCUT2D eigenvalue weighted by molar-refractivity contribution is 9.10. The fraction of sp³-hybridized carbons (Fsp3) is 0.0625. The highest BCUT2D eigenvalue weighted by atomic mass is 79.9. The lowest BCUT2D eigenvalue weighted by Crippen LogP contribution is -1.90. The Labute approximate surface area is 135 Å². The first-order valence-electron chi connectivity index (χ1n) is 6.10. The quantitative estimate of drug-likeness (QED) is 0.746. The molecule has 0 radical (unpaired) electrons. The lowest BCUT2D eigenvalue weighted by atomic mass is 10.1. The van der Waals surface area contributed by atoms with E-state index in [1.165, 1.54) is 6.08 Å². The van der Waals surface area contributed by atoms with Gasteiger partial charge in [-0.1, -0.05) is 17.7 Å². The van der Waals surface area contributed by atoms with Crippen LogP contribution in [0.15, 0.2) is 46.9 Å². The van der Waals surface area contributed by atoms with Crippen LogP contribution in [0.1, 0.15) is 11.1 Å². The summed E-state index contributed by atoms with van der Waals surface area (Å²) >= 11 is 9.29. The molecule has 0 spiro atoms. The standard InChI is InChI=1S/C16H12BrClO3/c1-10-8-11(3-7-16(19)20)2-5-14(10)21-15-6-4-12(18)9-13(15)17/h2-9H,1H3,(H,19,20). The van der Waals surface area contributed by atoms with E-state index in [0.717, 1.165) is 21.7 Å². The van der Waals surface area contributed by atoms with Crippen LogP contribution in [-0.2, 0) is 4.79 Å². The van der Waals surface area contributed by atoms with E-state index in [1.54, 1.807) is 30.3 Å². The van der Waals surface area contributed by atoms with Crippen molar-refractivity contribution in [1.82, 2.24) is 0 Å². The molecule has 2 aromatic rings. The molecule has 0 heterocycles. The normalized spacial score (nSPS) is 10.8. The molecular formula is C16H12BrClO3. The van der Waals surface area contributed by atoms with Crippen molar-refractivity contribution < 1.29 is 14.6 Å². The van der Waals surface area contributed by atoms with Gasteiger partial charge in [-0.15, -0.1) is 0 Å². The summed E-state index contributed by atoms with van der Waals surface area (Å²) in [7, 11) is 0. The van der Waals surface area contributed by atoms with Gasteiger partial charge in [0.25, 0.3) is 0 Å². The van der Waals surface area contributed by atoms with Gasteiger partial charge < -0.3 is 9.84 Å². The molecule has 5 heteroatoms. The number of carbonyl (C=O) groups is 1. The fourth-order valence-corrected chi connectivity index (χ4v) is 2.50. The minimum atomic E-state index is -0.974. The SMILES string of the molecule is Cc1cc(C=CC(=O)O)ccc1Oc1ccc(Cl)cc1Br. The molecule has 0 fully saturated rings. The second kappa shape index (κ2) is 6.78. The molecule has 0 saturated heterocycles. The van der Waals surface area contributed by atoms with Gasteiger partial charge in [0, 0.05) is 11.1 Å². The first-order chi connectivity index (χ1) is 9.95. The van der Waals surface area contributed by atoms with E-state index in [1.807, 2.05) is 13.0 Å². The molecule has 0 aliphatic rings. The molecule has 0 saturated carbocycles. The molecule has 0 atom stereocenters. The van der Waals surface area contributed by atoms with Crippen LogP contribution in [0.5, 0.6) is 11.5 Å². The maximum Gasteiger partial charge on any atom is 0.328 e. The Morgan fingerprint density at radius 2 is 1.95 bits per heavy atom. The van der Waals surface area contributed by atoms with Crippen molar-refractivity contribution in [2.75, 3.05) is 0 Å². The number of ether oxygens (including phenoxy) is 1. The summed E-state index contributed by atoms with van der Waals surface area (Å²) in [5.74, 6) is 0.389. The van der Waals surface area contributed by atoms with E-state index >= 15 is 0 Å². The summed E-state index contributed by atoms with van der Waals surface area (Å²) < 4.78 is 6.60. The number of benzene rings is 2. The summed E-state index contributed by atoms with van der Waals surface area (Å²) in [6, 6.07) is 10.8. The summed E-state index contributed by atoms with van der Waals surface area (Å²) in [6.45, 7) is 1.90. The van der Waals surface area contributed by atoms with Crippen LogP contribution in [-0.4, -0.2) is 11.1 Å². The molecule has 2 aromatic carbocycles. The van der Waals surface area contributed by atoms with E-state index in [-0.39, 0.29) is 0 Å². The molecule has 21 heavy (non-hydrogen) atoms. The van der Waals surface area contributed by atoms with Gasteiger partial charge in [0.15, 0.2) is 0 Å². The first kappa shape index (κ1) is 15.6. The molecule has 2 rings (SSSR count). The van der Waals surface area contributed by atoms with Gasteiger partial charge in [0.05, 0.1) is 4.47 Å². The molecule has 0 amide bonds. The number of hydrogen-bond acceptors (Lipinski definition) is 2. The molecular weight excluding hydrogens is 356 g/mol. The predicted molar refractivity (Wildman–Crippen MR) is 87.1 cm³/mol. The van der Waals surface area contributed by atoms with E-state index in [0.29, 0.717) is 16.5 Å². The monoisotopic (exact) mass is 366 g/mol. The Balaban J connectivity index is 2.23. The van der Waals surface area contributed by atoms with Gasteiger partial charge >= 0.3 is 5.97 Å². The lowest BCUT2D eigenvalue weighted by molar-refractivity contribution is -0.131. The summed E-state index contributed by atoms with van der Waals surface area (Å²) in [5.41, 5.74) is 1.71. The maximum atomic E-state index is 10.5. The van der Waals surface area contributed by atoms with Gasteiger partial charge in [0.1, 0.15) is 11.5 Å².